The van der Waals surface area contributed by atoms with E-state index in [-0.39, 0.29) is 30.1 Å². The highest BCUT2D eigenvalue weighted by Gasteiger charge is 2.20. The first kappa shape index (κ1) is 18.1. The van der Waals surface area contributed by atoms with Crippen LogP contribution in [0.3, 0.4) is 0 Å². The molecule has 1 atom stereocenters. The Balaban J connectivity index is 1.86. The lowest BCUT2D eigenvalue weighted by Gasteiger charge is -2.19. The molecule has 0 aliphatic rings. The van der Waals surface area contributed by atoms with Crippen LogP contribution in [0.4, 0.5) is 8.78 Å². The first-order valence-corrected chi connectivity index (χ1v) is 8.05. The molecular weight excluding hydrogens is 310 g/mol. The molecule has 0 saturated heterocycles. The Morgan fingerprint density at radius 3 is 2.08 bits per heavy atom. The van der Waals surface area contributed by atoms with Crippen molar-refractivity contribution in [2.24, 2.45) is 5.92 Å². The summed E-state index contributed by atoms with van der Waals surface area (Å²) in [6.45, 7) is 4.79. The van der Waals surface area contributed by atoms with Gasteiger partial charge in [-0.05, 0) is 29.8 Å². The fourth-order valence-corrected chi connectivity index (χ4v) is 2.59. The lowest BCUT2D eigenvalue weighted by atomic mass is 9.96. The van der Waals surface area contributed by atoms with Crippen LogP contribution >= 0.6 is 0 Å². The summed E-state index contributed by atoms with van der Waals surface area (Å²) < 4.78 is 25.9. The van der Waals surface area contributed by atoms with Crippen LogP contribution in [-0.2, 0) is 11.3 Å². The van der Waals surface area contributed by atoms with Gasteiger partial charge in [-0.25, -0.2) is 8.78 Å². The number of halogens is 2. The molecule has 0 bridgehead atoms. The zero-order valence-electron chi connectivity index (χ0n) is 13.9. The van der Waals surface area contributed by atoms with Gasteiger partial charge in [-0.1, -0.05) is 38.1 Å². The predicted molar refractivity (Wildman–Crippen MR) is 89.0 cm³/mol. The molecule has 3 N–H and O–H groups in total. The van der Waals surface area contributed by atoms with Gasteiger partial charge in [0.15, 0.2) is 6.54 Å². The summed E-state index contributed by atoms with van der Waals surface area (Å²) in [5.41, 5.74) is 1.85. The maximum absolute atomic E-state index is 13.1. The van der Waals surface area contributed by atoms with Crippen molar-refractivity contribution < 1.29 is 18.9 Å². The van der Waals surface area contributed by atoms with Gasteiger partial charge in [0.25, 0.3) is 5.91 Å². The van der Waals surface area contributed by atoms with E-state index in [1.54, 1.807) is 24.3 Å². The number of nitrogens with one attached hydrogen (secondary N) is 1. The van der Waals surface area contributed by atoms with E-state index in [0.717, 1.165) is 11.1 Å². The number of hydrogen-bond acceptors (Lipinski definition) is 1. The van der Waals surface area contributed by atoms with Crippen LogP contribution in [0.5, 0.6) is 0 Å². The Morgan fingerprint density at radius 1 is 1.00 bits per heavy atom. The molecule has 2 aromatic rings. The van der Waals surface area contributed by atoms with E-state index in [0.29, 0.717) is 12.5 Å². The summed E-state index contributed by atoms with van der Waals surface area (Å²) in [4.78, 5) is 12.0. The van der Waals surface area contributed by atoms with E-state index in [9.17, 15) is 13.6 Å². The molecule has 5 heteroatoms. The van der Waals surface area contributed by atoms with E-state index in [2.05, 4.69) is 19.2 Å². The second kappa shape index (κ2) is 8.55. The number of rotatable bonds is 7. The summed E-state index contributed by atoms with van der Waals surface area (Å²) in [6, 6.07) is 12.5. The summed E-state index contributed by atoms with van der Waals surface area (Å²) in [6.07, 6.45) is 0. The third-order valence-electron chi connectivity index (χ3n) is 3.93. The SMILES string of the molecule is CC(C)[C@@H]([NH2+]CC(=O)NCc1ccc(F)cc1)c1ccc(F)cc1. The molecule has 0 spiro atoms. The Hall–Kier alpha value is -2.27. The quantitative estimate of drug-likeness (QED) is 0.804. The number of benzene rings is 2. The topological polar surface area (TPSA) is 45.7 Å². The Bertz CT molecular complexity index is 654. The van der Waals surface area contributed by atoms with Crippen molar-refractivity contribution in [3.63, 3.8) is 0 Å². The highest BCUT2D eigenvalue weighted by molar-refractivity contribution is 5.76. The monoisotopic (exact) mass is 333 g/mol. The van der Waals surface area contributed by atoms with Crippen molar-refractivity contribution >= 4 is 5.91 Å². The number of nitrogens with two attached hydrogens (primary N) is 1. The lowest BCUT2D eigenvalue weighted by Crippen LogP contribution is -2.88. The third-order valence-corrected chi connectivity index (χ3v) is 3.93. The van der Waals surface area contributed by atoms with Crippen LogP contribution in [0.15, 0.2) is 48.5 Å². The van der Waals surface area contributed by atoms with Gasteiger partial charge in [0, 0.05) is 18.0 Å². The van der Waals surface area contributed by atoms with E-state index >= 15 is 0 Å². The first-order chi connectivity index (χ1) is 11.5. The molecule has 1 amide bonds. The van der Waals surface area contributed by atoms with Crippen molar-refractivity contribution in [1.29, 1.82) is 0 Å². The Labute approximate surface area is 141 Å². The van der Waals surface area contributed by atoms with Crippen molar-refractivity contribution in [1.82, 2.24) is 5.32 Å². The number of amides is 1. The molecule has 0 radical (unpaired) electrons. The molecule has 128 valence electrons. The van der Waals surface area contributed by atoms with E-state index in [4.69, 9.17) is 0 Å². The average Bonchev–Trinajstić information content (AvgIpc) is 2.56. The van der Waals surface area contributed by atoms with Crippen molar-refractivity contribution in [2.75, 3.05) is 6.54 Å². The van der Waals surface area contributed by atoms with Crippen LogP contribution in [0, 0.1) is 17.6 Å². The minimum Gasteiger partial charge on any atom is -0.347 e. The highest BCUT2D eigenvalue weighted by atomic mass is 19.1. The zero-order chi connectivity index (χ0) is 17.5. The van der Waals surface area contributed by atoms with Crippen LogP contribution < -0.4 is 10.6 Å². The van der Waals surface area contributed by atoms with Crippen molar-refractivity contribution in [3.05, 3.63) is 71.3 Å². The van der Waals surface area contributed by atoms with Crippen LogP contribution in [0.25, 0.3) is 0 Å². The van der Waals surface area contributed by atoms with Gasteiger partial charge in [-0.3, -0.25) is 4.79 Å². The third kappa shape index (κ3) is 5.42. The summed E-state index contributed by atoms with van der Waals surface area (Å²) in [5, 5.41) is 4.78. The maximum Gasteiger partial charge on any atom is 0.275 e. The standard InChI is InChI=1S/C19H22F2N2O/c1-13(2)19(15-5-9-17(21)10-6-15)23-12-18(24)22-11-14-3-7-16(20)8-4-14/h3-10,13,19,23H,11-12H2,1-2H3,(H,22,24)/p+1/t19-/m1/s1. The summed E-state index contributed by atoms with van der Waals surface area (Å²) in [5.74, 6) is -0.344. The summed E-state index contributed by atoms with van der Waals surface area (Å²) in [7, 11) is 0. The van der Waals surface area contributed by atoms with Gasteiger partial charge >= 0.3 is 0 Å². The first-order valence-electron chi connectivity index (χ1n) is 8.05. The normalized spacial score (nSPS) is 12.2. The lowest BCUT2D eigenvalue weighted by molar-refractivity contribution is -0.692. The fraction of sp³-hybridized carbons (Fsp3) is 0.316. The zero-order valence-corrected chi connectivity index (χ0v) is 13.9. The molecule has 0 aliphatic heterocycles. The number of carbonyl (C=O) groups is 1. The molecule has 0 saturated carbocycles. The van der Waals surface area contributed by atoms with Crippen LogP contribution in [0.1, 0.15) is 31.0 Å². The molecule has 0 aromatic heterocycles. The minimum absolute atomic E-state index is 0.0853. The van der Waals surface area contributed by atoms with Gasteiger partial charge in [0.2, 0.25) is 0 Å². The van der Waals surface area contributed by atoms with Gasteiger partial charge in [0.1, 0.15) is 17.7 Å². The van der Waals surface area contributed by atoms with Crippen LogP contribution in [0.2, 0.25) is 0 Å². The molecule has 0 heterocycles. The summed E-state index contributed by atoms with van der Waals surface area (Å²) >= 11 is 0. The largest absolute Gasteiger partial charge is 0.347 e. The number of quaternary nitrogens is 1. The minimum atomic E-state index is -0.294. The van der Waals surface area contributed by atoms with Gasteiger partial charge in [0.05, 0.1) is 0 Å². The van der Waals surface area contributed by atoms with Crippen LogP contribution in [-0.4, -0.2) is 12.5 Å². The molecule has 0 aliphatic carbocycles. The Kier molecular flexibility index (Phi) is 6.44. The second-order valence-corrected chi connectivity index (χ2v) is 6.16. The van der Waals surface area contributed by atoms with Gasteiger partial charge in [-0.2, -0.15) is 0 Å². The molecule has 2 aromatic carbocycles. The molecule has 0 fully saturated rings. The maximum atomic E-state index is 13.1. The smallest absolute Gasteiger partial charge is 0.275 e. The molecule has 24 heavy (non-hydrogen) atoms. The van der Waals surface area contributed by atoms with Crippen molar-refractivity contribution in [2.45, 2.75) is 26.4 Å². The molecule has 0 unspecified atom stereocenters. The number of hydrogen-bond donors (Lipinski definition) is 2. The fourth-order valence-electron chi connectivity index (χ4n) is 2.59. The molecule has 2 rings (SSSR count). The van der Waals surface area contributed by atoms with Gasteiger partial charge < -0.3 is 10.6 Å². The average molecular weight is 333 g/mol. The predicted octanol–water partition coefficient (Wildman–Crippen LogP) is 2.54. The second-order valence-electron chi connectivity index (χ2n) is 6.16. The van der Waals surface area contributed by atoms with Gasteiger partial charge in [-0.15, -0.1) is 0 Å². The Morgan fingerprint density at radius 2 is 1.54 bits per heavy atom. The van der Waals surface area contributed by atoms with Crippen molar-refractivity contribution in [3.8, 4) is 0 Å². The van der Waals surface area contributed by atoms with E-state index in [1.165, 1.54) is 24.3 Å². The highest BCUT2D eigenvalue weighted by Crippen LogP contribution is 2.17. The number of carbonyl (C=O) groups excluding carboxylic acids is 1. The van der Waals surface area contributed by atoms with E-state index in [1.807, 2.05) is 5.32 Å². The molecular formula is C19H23F2N2O+. The van der Waals surface area contributed by atoms with E-state index < -0.39 is 0 Å². The molecule has 3 nitrogen and oxygen atoms in total.